The van der Waals surface area contributed by atoms with E-state index in [2.05, 4.69) is 25.1 Å². The van der Waals surface area contributed by atoms with Crippen LogP contribution in [0, 0.1) is 0 Å². The summed E-state index contributed by atoms with van der Waals surface area (Å²) in [5.41, 5.74) is 1.60. The molecule has 10 heavy (non-hydrogen) atoms. The van der Waals surface area contributed by atoms with Crippen LogP contribution < -0.4 is 5.32 Å². The lowest BCUT2D eigenvalue weighted by Gasteiger charge is -2.02. The highest BCUT2D eigenvalue weighted by Crippen LogP contribution is 2.00. The van der Waals surface area contributed by atoms with Gasteiger partial charge >= 0.3 is 0 Å². The SMILES string of the molecule is C=CC(=C)C(=C)N/C=C\C. The first-order chi connectivity index (χ1) is 4.72. The molecule has 0 bridgehead atoms. The minimum Gasteiger partial charge on any atom is -0.362 e. The van der Waals surface area contributed by atoms with Gasteiger partial charge in [0, 0.05) is 5.70 Å². The van der Waals surface area contributed by atoms with Crippen LogP contribution in [-0.2, 0) is 0 Å². The largest absolute Gasteiger partial charge is 0.362 e. The fourth-order valence-corrected chi connectivity index (χ4v) is 0.400. The van der Waals surface area contributed by atoms with Crippen LogP contribution in [0.1, 0.15) is 6.92 Å². The summed E-state index contributed by atoms with van der Waals surface area (Å²) in [5, 5.41) is 2.94. The van der Waals surface area contributed by atoms with Crippen molar-refractivity contribution in [3.05, 3.63) is 49.4 Å². The first kappa shape index (κ1) is 8.76. The molecule has 0 aliphatic heterocycles. The van der Waals surface area contributed by atoms with Gasteiger partial charge in [0.05, 0.1) is 0 Å². The highest BCUT2D eigenvalue weighted by atomic mass is 14.8. The molecule has 0 amide bonds. The third kappa shape index (κ3) is 2.92. The van der Waals surface area contributed by atoms with Gasteiger partial charge in [-0.1, -0.05) is 31.9 Å². The molecule has 0 spiro atoms. The molecule has 0 radical (unpaired) electrons. The van der Waals surface area contributed by atoms with Gasteiger partial charge in [-0.25, -0.2) is 0 Å². The Balaban J connectivity index is 3.85. The van der Waals surface area contributed by atoms with E-state index < -0.39 is 0 Å². The molecule has 0 rings (SSSR count). The predicted molar refractivity (Wildman–Crippen MR) is 46.4 cm³/mol. The first-order valence-electron chi connectivity index (χ1n) is 3.10. The quantitative estimate of drug-likeness (QED) is 0.583. The zero-order valence-corrected chi connectivity index (χ0v) is 6.35. The Hall–Kier alpha value is -1.24. The molecule has 0 saturated carbocycles. The van der Waals surface area contributed by atoms with Crippen LogP contribution in [0.4, 0.5) is 0 Å². The van der Waals surface area contributed by atoms with Gasteiger partial charge in [0.25, 0.3) is 0 Å². The van der Waals surface area contributed by atoms with E-state index in [9.17, 15) is 0 Å². The van der Waals surface area contributed by atoms with Crippen LogP contribution in [0.25, 0.3) is 0 Å². The molecule has 0 unspecified atom stereocenters. The topological polar surface area (TPSA) is 12.0 Å². The minimum absolute atomic E-state index is 0.785. The zero-order chi connectivity index (χ0) is 7.98. The molecule has 0 heterocycles. The van der Waals surface area contributed by atoms with Crippen LogP contribution in [0.5, 0.6) is 0 Å². The Labute approximate surface area is 62.5 Å². The Morgan fingerprint density at radius 3 is 2.40 bits per heavy atom. The van der Waals surface area contributed by atoms with Crippen molar-refractivity contribution in [2.75, 3.05) is 0 Å². The van der Waals surface area contributed by atoms with E-state index in [0.29, 0.717) is 0 Å². The Bertz CT molecular complexity index is 175. The van der Waals surface area contributed by atoms with Crippen molar-refractivity contribution in [1.82, 2.24) is 5.32 Å². The molecule has 1 N–H and O–H groups in total. The summed E-state index contributed by atoms with van der Waals surface area (Å²) in [7, 11) is 0. The fourth-order valence-electron chi connectivity index (χ4n) is 0.400. The van der Waals surface area contributed by atoms with Gasteiger partial charge in [0.15, 0.2) is 0 Å². The van der Waals surface area contributed by atoms with Gasteiger partial charge in [-0.2, -0.15) is 0 Å². The van der Waals surface area contributed by atoms with E-state index in [0.717, 1.165) is 11.3 Å². The summed E-state index contributed by atoms with van der Waals surface area (Å²) < 4.78 is 0. The number of nitrogens with one attached hydrogen (secondary N) is 1. The molecule has 1 heteroatoms. The molecule has 0 atom stereocenters. The summed E-state index contributed by atoms with van der Waals surface area (Å²) in [6, 6.07) is 0. The Morgan fingerprint density at radius 1 is 1.40 bits per heavy atom. The van der Waals surface area contributed by atoms with Crippen molar-refractivity contribution in [3.8, 4) is 0 Å². The molecular formula is C9H13N. The average molecular weight is 135 g/mol. The van der Waals surface area contributed by atoms with Gasteiger partial charge in [-0.05, 0) is 18.7 Å². The number of rotatable bonds is 4. The zero-order valence-electron chi connectivity index (χ0n) is 6.35. The molecule has 0 aliphatic carbocycles. The summed E-state index contributed by atoms with van der Waals surface area (Å²) in [5.74, 6) is 0. The smallest absolute Gasteiger partial charge is 0.0374 e. The van der Waals surface area contributed by atoms with Gasteiger partial charge in [0.1, 0.15) is 0 Å². The van der Waals surface area contributed by atoms with Crippen LogP contribution in [0.2, 0.25) is 0 Å². The Morgan fingerprint density at radius 2 is 2.00 bits per heavy atom. The Kier molecular flexibility index (Phi) is 4.05. The maximum atomic E-state index is 3.73. The molecule has 54 valence electrons. The van der Waals surface area contributed by atoms with Crippen molar-refractivity contribution >= 4 is 0 Å². The third-order valence-corrected chi connectivity index (χ3v) is 1.06. The van der Waals surface area contributed by atoms with E-state index in [1.165, 1.54) is 0 Å². The van der Waals surface area contributed by atoms with E-state index >= 15 is 0 Å². The summed E-state index contributed by atoms with van der Waals surface area (Å²) in [4.78, 5) is 0. The fraction of sp³-hybridized carbons (Fsp3) is 0.111. The van der Waals surface area contributed by atoms with E-state index in [1.807, 2.05) is 13.0 Å². The summed E-state index contributed by atoms with van der Waals surface area (Å²) in [6.07, 6.45) is 5.36. The highest BCUT2D eigenvalue weighted by Gasteiger charge is 1.88. The number of allylic oxidation sites excluding steroid dienone is 2. The summed E-state index contributed by atoms with van der Waals surface area (Å²) in [6.45, 7) is 12.9. The van der Waals surface area contributed by atoms with Gasteiger partial charge in [-0.3, -0.25) is 0 Å². The first-order valence-corrected chi connectivity index (χ1v) is 3.10. The van der Waals surface area contributed by atoms with Crippen molar-refractivity contribution < 1.29 is 0 Å². The van der Waals surface area contributed by atoms with Crippen LogP contribution >= 0.6 is 0 Å². The second-order valence-corrected chi connectivity index (χ2v) is 1.85. The standard InChI is InChI=1S/C9H13N/c1-5-7-10-9(4)8(3)6-2/h5-7,10H,2-4H2,1H3/b7-5-. The monoisotopic (exact) mass is 135 g/mol. The number of hydrogen-bond donors (Lipinski definition) is 1. The minimum atomic E-state index is 0.785. The second-order valence-electron chi connectivity index (χ2n) is 1.85. The van der Waals surface area contributed by atoms with E-state index in [1.54, 1.807) is 12.3 Å². The van der Waals surface area contributed by atoms with Gasteiger partial charge in [-0.15, -0.1) is 0 Å². The molecule has 0 aromatic rings. The van der Waals surface area contributed by atoms with E-state index in [-0.39, 0.29) is 0 Å². The average Bonchev–Trinajstić information content (AvgIpc) is 1.98. The summed E-state index contributed by atoms with van der Waals surface area (Å²) >= 11 is 0. The molecule has 0 aliphatic rings. The van der Waals surface area contributed by atoms with E-state index in [4.69, 9.17) is 0 Å². The van der Waals surface area contributed by atoms with Crippen LogP contribution in [0.15, 0.2) is 49.4 Å². The van der Waals surface area contributed by atoms with Crippen LogP contribution in [0.3, 0.4) is 0 Å². The van der Waals surface area contributed by atoms with Crippen molar-refractivity contribution in [2.45, 2.75) is 6.92 Å². The molecule has 0 aromatic heterocycles. The maximum Gasteiger partial charge on any atom is 0.0374 e. The lowest BCUT2D eigenvalue weighted by Crippen LogP contribution is -2.03. The lowest BCUT2D eigenvalue weighted by atomic mass is 10.2. The van der Waals surface area contributed by atoms with Crippen molar-refractivity contribution in [1.29, 1.82) is 0 Å². The van der Waals surface area contributed by atoms with Crippen molar-refractivity contribution in [2.24, 2.45) is 0 Å². The highest BCUT2D eigenvalue weighted by molar-refractivity contribution is 5.33. The molecular weight excluding hydrogens is 122 g/mol. The normalized spacial score (nSPS) is 9.30. The molecule has 0 aromatic carbocycles. The van der Waals surface area contributed by atoms with Gasteiger partial charge < -0.3 is 5.32 Å². The van der Waals surface area contributed by atoms with Crippen LogP contribution in [-0.4, -0.2) is 0 Å². The molecule has 0 fully saturated rings. The van der Waals surface area contributed by atoms with Gasteiger partial charge in [0.2, 0.25) is 0 Å². The third-order valence-electron chi connectivity index (χ3n) is 1.06. The second kappa shape index (κ2) is 4.62. The molecule has 0 saturated heterocycles. The maximum absolute atomic E-state index is 3.73. The predicted octanol–water partition coefficient (Wildman–Crippen LogP) is 2.37. The number of hydrogen-bond acceptors (Lipinski definition) is 1. The molecule has 1 nitrogen and oxygen atoms in total. The lowest BCUT2D eigenvalue weighted by molar-refractivity contribution is 1.10. The van der Waals surface area contributed by atoms with Crippen molar-refractivity contribution in [3.63, 3.8) is 0 Å².